The van der Waals surface area contributed by atoms with Crippen molar-refractivity contribution in [3.8, 4) is 5.88 Å². The number of rotatable bonds is 6. The number of benzene rings is 1. The van der Waals surface area contributed by atoms with E-state index in [-0.39, 0.29) is 17.8 Å². The highest BCUT2D eigenvalue weighted by molar-refractivity contribution is 9.10. The first kappa shape index (κ1) is 22.8. The van der Waals surface area contributed by atoms with Crippen molar-refractivity contribution in [1.82, 2.24) is 15.2 Å². The number of hydrogen-bond donors (Lipinski definition) is 3. The zero-order chi connectivity index (χ0) is 23.7. The summed E-state index contributed by atoms with van der Waals surface area (Å²) in [7, 11) is 1.35. The number of esters is 1. The number of nitrogens with one attached hydrogen (secondary N) is 2. The van der Waals surface area contributed by atoms with E-state index in [4.69, 9.17) is 14.6 Å². The van der Waals surface area contributed by atoms with Crippen LogP contribution in [0.15, 0.2) is 56.6 Å². The summed E-state index contributed by atoms with van der Waals surface area (Å²) in [6.07, 6.45) is 5.41. The quantitative estimate of drug-likeness (QED) is 0.302. The van der Waals surface area contributed by atoms with E-state index in [1.54, 1.807) is 12.2 Å². The van der Waals surface area contributed by atoms with Gasteiger partial charge in [-0.3, -0.25) is 9.89 Å². The molecule has 3 aliphatic rings. The Morgan fingerprint density at radius 2 is 2.18 bits per heavy atom. The molecule has 2 aliphatic heterocycles. The number of carbonyl (C=O) groups is 1. The van der Waals surface area contributed by atoms with Gasteiger partial charge in [0.05, 0.1) is 41.4 Å². The number of aromatic hydroxyl groups is 1. The van der Waals surface area contributed by atoms with Crippen molar-refractivity contribution in [2.45, 2.75) is 6.04 Å². The number of oxime groups is 1. The number of halogens is 1. The molecule has 1 aromatic carbocycles. The number of H-pyrrole nitrogens is 1. The lowest BCUT2D eigenvalue weighted by Crippen LogP contribution is -2.44. The third-order valence-electron chi connectivity index (χ3n) is 6.33. The molecule has 5 rings (SSSR count). The van der Waals surface area contributed by atoms with Crippen LogP contribution in [0.2, 0.25) is 0 Å². The summed E-state index contributed by atoms with van der Waals surface area (Å²) in [4.78, 5) is 28.1. The first-order valence-corrected chi connectivity index (χ1v) is 12.0. The molecule has 1 aliphatic carbocycles. The summed E-state index contributed by atoms with van der Waals surface area (Å²) in [5.41, 5.74) is 2.95. The molecule has 1 aromatic heterocycles. The Balaban J connectivity index is 1.47. The second-order valence-electron chi connectivity index (χ2n) is 8.38. The van der Waals surface area contributed by atoms with Crippen molar-refractivity contribution >= 4 is 44.2 Å². The van der Waals surface area contributed by atoms with Crippen LogP contribution in [0.5, 0.6) is 5.88 Å². The minimum Gasteiger partial charge on any atom is -0.494 e. The summed E-state index contributed by atoms with van der Waals surface area (Å²) in [6.45, 7) is 5.16. The van der Waals surface area contributed by atoms with Crippen LogP contribution in [0.25, 0.3) is 10.9 Å². The lowest BCUT2D eigenvalue weighted by molar-refractivity contribution is -0.135. The Hall–Kier alpha value is -2.95. The van der Waals surface area contributed by atoms with Gasteiger partial charge in [-0.2, -0.15) is 0 Å². The molecule has 0 radical (unpaired) electrons. The largest absolute Gasteiger partial charge is 0.494 e. The Morgan fingerprint density at radius 1 is 1.35 bits per heavy atom. The molecule has 2 atom stereocenters. The second-order valence-corrected chi connectivity index (χ2v) is 9.23. The molecule has 0 bridgehead atoms. The fraction of sp³-hybridized carbons (Fsp3) is 0.375. The van der Waals surface area contributed by atoms with E-state index in [0.29, 0.717) is 29.2 Å². The molecule has 2 aromatic rings. The molecule has 34 heavy (non-hydrogen) atoms. The maximum Gasteiger partial charge on any atom is 0.337 e. The number of hydrogen-bond acceptors (Lipinski definition) is 8. The highest BCUT2D eigenvalue weighted by Gasteiger charge is 2.39. The highest BCUT2D eigenvalue weighted by atomic mass is 79.9. The van der Waals surface area contributed by atoms with E-state index in [9.17, 15) is 9.90 Å². The van der Waals surface area contributed by atoms with Crippen LogP contribution in [-0.2, 0) is 14.4 Å². The fourth-order valence-corrected chi connectivity index (χ4v) is 5.05. The van der Waals surface area contributed by atoms with Crippen LogP contribution in [0.3, 0.4) is 0 Å². The number of methoxy groups -OCH3 is 1. The number of nitrogens with zero attached hydrogens (tertiary/aromatic N) is 3. The minimum absolute atomic E-state index is 0.00830. The monoisotopic (exact) mass is 527 g/mol. The maximum atomic E-state index is 12.1. The summed E-state index contributed by atoms with van der Waals surface area (Å²) in [5, 5.41) is 19.5. The minimum atomic E-state index is -0.414. The van der Waals surface area contributed by atoms with Crippen LogP contribution in [0.4, 0.5) is 0 Å². The Labute approximate surface area is 205 Å². The van der Waals surface area contributed by atoms with Crippen LogP contribution in [0, 0.1) is 5.92 Å². The number of fused-ring (bicyclic) bond motifs is 2. The van der Waals surface area contributed by atoms with Gasteiger partial charge >= 0.3 is 5.97 Å². The van der Waals surface area contributed by atoms with Crippen LogP contribution in [0.1, 0.15) is 5.56 Å². The van der Waals surface area contributed by atoms with Crippen molar-refractivity contribution in [1.29, 1.82) is 0 Å². The lowest BCUT2D eigenvalue weighted by Gasteiger charge is -2.26. The van der Waals surface area contributed by atoms with E-state index < -0.39 is 5.97 Å². The molecule has 178 valence electrons. The van der Waals surface area contributed by atoms with Gasteiger partial charge < -0.3 is 25.0 Å². The molecule has 0 spiro atoms. The van der Waals surface area contributed by atoms with E-state index in [1.807, 2.05) is 24.3 Å². The van der Waals surface area contributed by atoms with Crippen molar-refractivity contribution in [2.24, 2.45) is 16.1 Å². The second kappa shape index (κ2) is 9.73. The normalized spacial score (nSPS) is 23.6. The van der Waals surface area contributed by atoms with E-state index in [2.05, 4.69) is 36.3 Å². The van der Waals surface area contributed by atoms with Crippen LogP contribution < -0.4 is 5.32 Å². The number of aromatic nitrogens is 1. The molecule has 0 saturated carbocycles. The van der Waals surface area contributed by atoms with Gasteiger partial charge in [-0.05, 0) is 28.1 Å². The molecule has 3 heterocycles. The van der Waals surface area contributed by atoms with E-state index in [0.717, 1.165) is 48.1 Å². The molecule has 0 amide bonds. The number of para-hydroxylation sites is 1. The molecule has 1 saturated heterocycles. The van der Waals surface area contributed by atoms with Gasteiger partial charge in [0.2, 0.25) is 0 Å². The number of ether oxygens (including phenoxy) is 1. The van der Waals surface area contributed by atoms with Crippen molar-refractivity contribution in [2.75, 3.05) is 46.4 Å². The van der Waals surface area contributed by atoms with Crippen molar-refractivity contribution in [3.63, 3.8) is 0 Å². The number of piperazine rings is 1. The summed E-state index contributed by atoms with van der Waals surface area (Å²) in [5.74, 6) is -0.615. The molecular formula is C24H26BrN5O4. The first-order valence-electron chi connectivity index (χ1n) is 11.3. The number of carbonyl (C=O) groups excluding carboxylic acids is 1. The third kappa shape index (κ3) is 4.28. The third-order valence-corrected chi connectivity index (χ3v) is 6.99. The topological polar surface area (TPSA) is 112 Å². The maximum absolute atomic E-state index is 12.1. The van der Waals surface area contributed by atoms with Gasteiger partial charge in [-0.15, -0.1) is 0 Å². The van der Waals surface area contributed by atoms with E-state index in [1.165, 1.54) is 7.11 Å². The number of aliphatic imine (C=N–C) groups is 1. The standard InChI is InChI=1S/C24H26BrN5O4/c1-33-24(32)14-5-6-15-18(13-14)27-22(19-16-3-2-4-17(25)20(16)28-23(19)31)21(15)29-34-12-11-30-9-7-26-8-10-30/h2-6,13,15,18,26,28,31H,7-12H2,1H3/b29-21+. The molecule has 2 unspecified atom stereocenters. The molecular weight excluding hydrogens is 502 g/mol. The van der Waals surface area contributed by atoms with Crippen LogP contribution in [-0.4, -0.2) is 84.9 Å². The zero-order valence-corrected chi connectivity index (χ0v) is 20.3. The Morgan fingerprint density at radius 3 is 2.97 bits per heavy atom. The molecule has 1 fully saturated rings. The predicted octanol–water partition coefficient (Wildman–Crippen LogP) is 2.37. The summed E-state index contributed by atoms with van der Waals surface area (Å²) < 4.78 is 5.70. The van der Waals surface area contributed by atoms with Gasteiger partial charge in [0, 0.05) is 42.6 Å². The SMILES string of the molecule is COC(=O)C1=CC2N=C(c3c(O)[nH]c4c(Br)cccc34)/C(=N/OCCN3CCNCC3)C2C=C1. The average molecular weight is 528 g/mol. The first-order chi connectivity index (χ1) is 16.6. The van der Waals surface area contributed by atoms with Crippen molar-refractivity contribution < 1.29 is 19.5 Å². The predicted molar refractivity (Wildman–Crippen MR) is 133 cm³/mol. The van der Waals surface area contributed by atoms with E-state index >= 15 is 0 Å². The Bertz CT molecular complexity index is 1230. The number of aromatic amines is 1. The lowest BCUT2D eigenvalue weighted by atomic mass is 9.88. The van der Waals surface area contributed by atoms with Gasteiger partial charge in [-0.25, -0.2) is 4.79 Å². The fourth-order valence-electron chi connectivity index (χ4n) is 4.59. The van der Waals surface area contributed by atoms with Gasteiger partial charge in [0.25, 0.3) is 0 Å². The van der Waals surface area contributed by atoms with Crippen molar-refractivity contribution in [3.05, 3.63) is 52.0 Å². The highest BCUT2D eigenvalue weighted by Crippen LogP contribution is 2.37. The molecule has 10 heteroatoms. The summed E-state index contributed by atoms with van der Waals surface area (Å²) in [6, 6.07) is 5.38. The Kier molecular flexibility index (Phi) is 6.53. The molecule has 9 nitrogen and oxygen atoms in total. The molecule has 3 N–H and O–H groups in total. The average Bonchev–Trinajstić information content (AvgIpc) is 3.38. The van der Waals surface area contributed by atoms with Gasteiger partial charge in [-0.1, -0.05) is 29.4 Å². The zero-order valence-electron chi connectivity index (χ0n) is 18.8. The summed E-state index contributed by atoms with van der Waals surface area (Å²) >= 11 is 3.53. The van der Waals surface area contributed by atoms with Gasteiger partial charge in [0.15, 0.2) is 5.88 Å². The smallest absolute Gasteiger partial charge is 0.337 e. The van der Waals surface area contributed by atoms with Crippen LogP contribution >= 0.6 is 15.9 Å². The van der Waals surface area contributed by atoms with Gasteiger partial charge in [0.1, 0.15) is 12.3 Å².